The van der Waals surface area contributed by atoms with E-state index in [0.717, 1.165) is 37.0 Å². The molecule has 0 bridgehead atoms. The first-order chi connectivity index (χ1) is 8.10. The molecule has 1 aromatic rings. The maximum Gasteiger partial charge on any atom is 0.140 e. The van der Waals surface area contributed by atoms with Gasteiger partial charge in [-0.05, 0) is 38.0 Å². The highest BCUT2D eigenvalue weighted by Gasteiger charge is 2.42. The molecule has 0 unspecified atom stereocenters. The molecular formula is C14H17ClO2. The summed E-state index contributed by atoms with van der Waals surface area (Å²) >= 11 is 6.05. The number of ketones is 1. The van der Waals surface area contributed by atoms with Crippen molar-refractivity contribution in [3.05, 3.63) is 28.8 Å². The van der Waals surface area contributed by atoms with Crippen LogP contribution in [-0.2, 0) is 10.2 Å². The van der Waals surface area contributed by atoms with E-state index in [0.29, 0.717) is 5.02 Å². The Bertz CT molecular complexity index is 434. The van der Waals surface area contributed by atoms with Crippen LogP contribution in [0.5, 0.6) is 5.75 Å². The Kier molecular flexibility index (Phi) is 3.43. The quantitative estimate of drug-likeness (QED) is 0.819. The van der Waals surface area contributed by atoms with Crippen molar-refractivity contribution in [1.82, 2.24) is 0 Å². The standard InChI is InChI=1S/C14H17ClO2/c1-10(16)14(7-3-4-8-14)12-9-11(15)5-6-13(12)17-2/h5-6,9H,3-4,7-8H2,1-2H3. The summed E-state index contributed by atoms with van der Waals surface area (Å²) in [6.07, 6.45) is 3.99. The Balaban J connectivity index is 2.56. The van der Waals surface area contributed by atoms with Crippen LogP contribution in [0.3, 0.4) is 0 Å². The van der Waals surface area contributed by atoms with Crippen LogP contribution in [0.1, 0.15) is 38.2 Å². The van der Waals surface area contributed by atoms with Crippen LogP contribution in [0.15, 0.2) is 18.2 Å². The fourth-order valence-electron chi connectivity index (χ4n) is 2.84. The van der Waals surface area contributed by atoms with E-state index in [1.165, 1.54) is 0 Å². The minimum atomic E-state index is -0.379. The van der Waals surface area contributed by atoms with Crippen molar-refractivity contribution in [2.75, 3.05) is 7.11 Å². The maximum atomic E-state index is 12.0. The smallest absolute Gasteiger partial charge is 0.140 e. The van der Waals surface area contributed by atoms with Gasteiger partial charge in [-0.1, -0.05) is 24.4 Å². The molecule has 0 saturated heterocycles. The van der Waals surface area contributed by atoms with E-state index >= 15 is 0 Å². The zero-order valence-corrected chi connectivity index (χ0v) is 11.0. The zero-order chi connectivity index (χ0) is 12.5. The van der Waals surface area contributed by atoms with Gasteiger partial charge in [0.25, 0.3) is 0 Å². The molecule has 2 nitrogen and oxygen atoms in total. The number of halogens is 1. The number of hydrogen-bond acceptors (Lipinski definition) is 2. The molecule has 0 heterocycles. The molecular weight excluding hydrogens is 236 g/mol. The third-order valence-electron chi connectivity index (χ3n) is 3.81. The second-order valence-corrected chi connectivity index (χ2v) is 5.13. The van der Waals surface area contributed by atoms with Gasteiger partial charge in [-0.3, -0.25) is 4.79 Å². The lowest BCUT2D eigenvalue weighted by molar-refractivity contribution is -0.122. The van der Waals surface area contributed by atoms with Crippen molar-refractivity contribution in [3.8, 4) is 5.75 Å². The normalized spacial score (nSPS) is 18.1. The molecule has 2 rings (SSSR count). The van der Waals surface area contributed by atoms with E-state index in [4.69, 9.17) is 16.3 Å². The average Bonchev–Trinajstić information content (AvgIpc) is 2.79. The van der Waals surface area contributed by atoms with Gasteiger partial charge in [-0.2, -0.15) is 0 Å². The molecule has 1 aliphatic carbocycles. The summed E-state index contributed by atoms with van der Waals surface area (Å²) in [5.41, 5.74) is 0.577. The van der Waals surface area contributed by atoms with E-state index in [2.05, 4.69) is 0 Å². The summed E-state index contributed by atoms with van der Waals surface area (Å²) in [4.78, 5) is 12.0. The van der Waals surface area contributed by atoms with Gasteiger partial charge in [-0.15, -0.1) is 0 Å². The summed E-state index contributed by atoms with van der Waals surface area (Å²) in [5.74, 6) is 0.988. The predicted molar refractivity (Wildman–Crippen MR) is 68.8 cm³/mol. The second-order valence-electron chi connectivity index (χ2n) is 4.69. The molecule has 0 spiro atoms. The Hall–Kier alpha value is -1.02. The van der Waals surface area contributed by atoms with Gasteiger partial charge in [0.2, 0.25) is 0 Å². The molecule has 1 aromatic carbocycles. The van der Waals surface area contributed by atoms with Crippen molar-refractivity contribution in [2.24, 2.45) is 0 Å². The maximum absolute atomic E-state index is 12.0. The van der Waals surface area contributed by atoms with Crippen LogP contribution in [0.2, 0.25) is 5.02 Å². The molecule has 1 saturated carbocycles. The number of ether oxygens (including phenoxy) is 1. The molecule has 17 heavy (non-hydrogen) atoms. The zero-order valence-electron chi connectivity index (χ0n) is 10.3. The van der Waals surface area contributed by atoms with E-state index in [-0.39, 0.29) is 11.2 Å². The minimum absolute atomic E-state index is 0.218. The Morgan fingerprint density at radius 3 is 2.53 bits per heavy atom. The van der Waals surface area contributed by atoms with Crippen LogP contribution in [0, 0.1) is 0 Å². The predicted octanol–water partition coefficient (Wildman–Crippen LogP) is 3.75. The largest absolute Gasteiger partial charge is 0.496 e. The number of carbonyl (C=O) groups excluding carboxylic acids is 1. The second kappa shape index (κ2) is 4.69. The van der Waals surface area contributed by atoms with Crippen LogP contribution in [0.4, 0.5) is 0 Å². The monoisotopic (exact) mass is 252 g/mol. The SMILES string of the molecule is COc1ccc(Cl)cc1C1(C(C)=O)CCCC1. The van der Waals surface area contributed by atoms with E-state index in [1.807, 2.05) is 12.1 Å². The van der Waals surface area contributed by atoms with Crippen molar-refractivity contribution < 1.29 is 9.53 Å². The van der Waals surface area contributed by atoms with Crippen LogP contribution < -0.4 is 4.74 Å². The van der Waals surface area contributed by atoms with Gasteiger partial charge in [0.15, 0.2) is 0 Å². The summed E-state index contributed by atoms with van der Waals surface area (Å²) in [6.45, 7) is 1.67. The summed E-state index contributed by atoms with van der Waals surface area (Å²) in [7, 11) is 1.63. The lowest BCUT2D eigenvalue weighted by Gasteiger charge is -2.28. The number of carbonyl (C=O) groups is 1. The molecule has 0 atom stereocenters. The van der Waals surface area contributed by atoms with Crippen molar-refractivity contribution in [3.63, 3.8) is 0 Å². The Morgan fingerprint density at radius 2 is 2.00 bits per heavy atom. The third kappa shape index (κ3) is 2.06. The Labute approximate surface area is 107 Å². The topological polar surface area (TPSA) is 26.3 Å². The summed E-state index contributed by atoms with van der Waals surface area (Å²) in [5, 5.41) is 0.660. The minimum Gasteiger partial charge on any atom is -0.496 e. The fraction of sp³-hybridized carbons (Fsp3) is 0.500. The molecule has 0 radical (unpaired) electrons. The van der Waals surface area contributed by atoms with Crippen LogP contribution >= 0.6 is 11.6 Å². The van der Waals surface area contributed by atoms with E-state index in [9.17, 15) is 4.79 Å². The first kappa shape index (κ1) is 12.4. The Morgan fingerprint density at radius 1 is 1.35 bits per heavy atom. The number of hydrogen-bond donors (Lipinski definition) is 0. The highest BCUT2D eigenvalue weighted by molar-refractivity contribution is 6.30. The molecule has 1 aliphatic rings. The highest BCUT2D eigenvalue weighted by atomic mass is 35.5. The molecule has 0 amide bonds. The van der Waals surface area contributed by atoms with Gasteiger partial charge in [-0.25, -0.2) is 0 Å². The van der Waals surface area contributed by atoms with Gasteiger partial charge < -0.3 is 4.74 Å². The first-order valence-corrected chi connectivity index (χ1v) is 6.33. The van der Waals surface area contributed by atoms with Gasteiger partial charge in [0.1, 0.15) is 11.5 Å². The van der Waals surface area contributed by atoms with Gasteiger partial charge in [0.05, 0.1) is 12.5 Å². The number of methoxy groups -OCH3 is 1. The average molecular weight is 253 g/mol. The third-order valence-corrected chi connectivity index (χ3v) is 4.04. The molecule has 0 aliphatic heterocycles. The van der Waals surface area contributed by atoms with Gasteiger partial charge in [0, 0.05) is 10.6 Å². The van der Waals surface area contributed by atoms with Gasteiger partial charge >= 0.3 is 0 Å². The molecule has 92 valence electrons. The number of Topliss-reactive ketones (excluding diaryl/α,β-unsaturated/α-hetero) is 1. The molecule has 3 heteroatoms. The van der Waals surface area contributed by atoms with Crippen LogP contribution in [0.25, 0.3) is 0 Å². The van der Waals surface area contributed by atoms with Crippen molar-refractivity contribution in [1.29, 1.82) is 0 Å². The number of benzene rings is 1. The summed E-state index contributed by atoms with van der Waals surface area (Å²) in [6, 6.07) is 5.53. The van der Waals surface area contributed by atoms with E-state index < -0.39 is 0 Å². The van der Waals surface area contributed by atoms with Crippen molar-refractivity contribution >= 4 is 17.4 Å². The first-order valence-electron chi connectivity index (χ1n) is 5.95. The van der Waals surface area contributed by atoms with Crippen molar-refractivity contribution in [2.45, 2.75) is 38.0 Å². The molecule has 0 aromatic heterocycles. The molecule has 0 N–H and O–H groups in total. The van der Waals surface area contributed by atoms with Crippen LogP contribution in [-0.4, -0.2) is 12.9 Å². The summed E-state index contributed by atoms with van der Waals surface area (Å²) < 4.78 is 5.38. The lowest BCUT2D eigenvalue weighted by atomic mass is 9.75. The lowest BCUT2D eigenvalue weighted by Crippen LogP contribution is -2.31. The molecule has 1 fully saturated rings. The fourth-order valence-corrected chi connectivity index (χ4v) is 3.02. The highest BCUT2D eigenvalue weighted by Crippen LogP contribution is 2.46. The number of rotatable bonds is 3. The van der Waals surface area contributed by atoms with E-state index in [1.54, 1.807) is 20.1 Å².